The van der Waals surface area contributed by atoms with Crippen molar-refractivity contribution < 1.29 is 27.1 Å². The van der Waals surface area contributed by atoms with E-state index in [1.54, 1.807) is 13.0 Å². The molecule has 6 nitrogen and oxygen atoms in total. The van der Waals surface area contributed by atoms with E-state index in [-0.39, 0.29) is 28.0 Å². The van der Waals surface area contributed by atoms with Gasteiger partial charge in [0.15, 0.2) is 6.10 Å². The number of ether oxygens (including phenoxy) is 1. The lowest BCUT2D eigenvalue weighted by Gasteiger charge is -2.27. The van der Waals surface area contributed by atoms with Gasteiger partial charge in [-0.25, -0.2) is 4.39 Å². The summed E-state index contributed by atoms with van der Waals surface area (Å²) in [5.74, 6) is -2.28. The van der Waals surface area contributed by atoms with E-state index in [1.807, 2.05) is 24.3 Å². The van der Waals surface area contributed by atoms with Crippen LogP contribution in [0.4, 0.5) is 23.2 Å². The van der Waals surface area contributed by atoms with Crippen molar-refractivity contribution in [3.8, 4) is 17.0 Å². The molecular formula is C29H25ClF4N4O2. The van der Waals surface area contributed by atoms with Gasteiger partial charge in [0.25, 0.3) is 5.91 Å². The quantitative estimate of drug-likeness (QED) is 0.233. The fourth-order valence-corrected chi connectivity index (χ4v) is 5.22. The molecule has 0 aliphatic heterocycles. The highest BCUT2D eigenvalue weighted by Crippen LogP contribution is 2.42. The molecule has 2 unspecified atom stereocenters. The molecule has 0 spiro atoms. The summed E-state index contributed by atoms with van der Waals surface area (Å²) in [7, 11) is 0. The number of rotatable bonds is 6. The van der Waals surface area contributed by atoms with Crippen molar-refractivity contribution in [2.45, 2.75) is 51.3 Å². The molecule has 2 N–H and O–H groups in total. The molecule has 40 heavy (non-hydrogen) atoms. The van der Waals surface area contributed by atoms with Gasteiger partial charge in [-0.3, -0.25) is 14.9 Å². The SMILES string of the molecule is Cc1n[nH]c(Cl)c1NC(=O)c1cc(F)c(-c2ncccc2C2CCCc3ccccc32)cc1OC(C)C(F)(F)F. The Bertz CT molecular complexity index is 1550. The topological polar surface area (TPSA) is 79.9 Å². The molecule has 5 rings (SSSR count). The minimum atomic E-state index is -4.73. The van der Waals surface area contributed by atoms with E-state index in [4.69, 9.17) is 16.3 Å². The van der Waals surface area contributed by atoms with Gasteiger partial charge in [0.05, 0.1) is 17.0 Å². The highest BCUT2D eigenvalue weighted by atomic mass is 35.5. The molecule has 2 aromatic carbocycles. The van der Waals surface area contributed by atoms with Gasteiger partial charge in [0, 0.05) is 17.7 Å². The van der Waals surface area contributed by atoms with Crippen LogP contribution in [-0.2, 0) is 6.42 Å². The number of carbonyl (C=O) groups is 1. The molecule has 1 aliphatic carbocycles. The third-order valence-corrected chi connectivity index (χ3v) is 7.33. The molecule has 2 heterocycles. The predicted octanol–water partition coefficient (Wildman–Crippen LogP) is 7.62. The van der Waals surface area contributed by atoms with Gasteiger partial charge in [-0.05, 0) is 68.0 Å². The van der Waals surface area contributed by atoms with Crippen molar-refractivity contribution in [1.82, 2.24) is 15.2 Å². The third kappa shape index (κ3) is 5.40. The molecule has 208 valence electrons. The highest BCUT2D eigenvalue weighted by Gasteiger charge is 2.39. The number of H-pyrrole nitrogens is 1. The predicted molar refractivity (Wildman–Crippen MR) is 143 cm³/mol. The Balaban J connectivity index is 1.61. The van der Waals surface area contributed by atoms with Gasteiger partial charge >= 0.3 is 6.18 Å². The van der Waals surface area contributed by atoms with Crippen molar-refractivity contribution in [1.29, 1.82) is 0 Å². The van der Waals surface area contributed by atoms with Crippen molar-refractivity contribution in [2.24, 2.45) is 0 Å². The molecule has 0 fully saturated rings. The number of aryl methyl sites for hydroxylation is 2. The summed E-state index contributed by atoms with van der Waals surface area (Å²) in [6.07, 6.45) is -2.86. The summed E-state index contributed by atoms with van der Waals surface area (Å²) in [6.45, 7) is 2.38. The van der Waals surface area contributed by atoms with E-state index in [1.165, 1.54) is 11.8 Å². The van der Waals surface area contributed by atoms with Crippen LogP contribution in [0.1, 0.15) is 58.4 Å². The first kappa shape index (κ1) is 27.6. The number of aromatic nitrogens is 3. The summed E-state index contributed by atoms with van der Waals surface area (Å²) in [6, 6.07) is 13.6. The second-order valence-corrected chi connectivity index (χ2v) is 10.0. The normalized spacial score (nSPS) is 15.8. The zero-order valence-electron chi connectivity index (χ0n) is 21.6. The average Bonchev–Trinajstić information content (AvgIpc) is 3.25. The van der Waals surface area contributed by atoms with Gasteiger partial charge in [-0.1, -0.05) is 41.9 Å². The summed E-state index contributed by atoms with van der Waals surface area (Å²) in [4.78, 5) is 17.6. The summed E-state index contributed by atoms with van der Waals surface area (Å²) in [5, 5.41) is 8.85. The molecule has 0 saturated heterocycles. The van der Waals surface area contributed by atoms with E-state index < -0.39 is 35.3 Å². The first-order valence-corrected chi connectivity index (χ1v) is 13.0. The first-order chi connectivity index (χ1) is 19.0. The Labute approximate surface area is 232 Å². The zero-order valence-corrected chi connectivity index (χ0v) is 22.3. The molecule has 1 aliphatic rings. The van der Waals surface area contributed by atoms with Crippen LogP contribution in [0.15, 0.2) is 54.7 Å². The van der Waals surface area contributed by atoms with Gasteiger partial charge in [-0.2, -0.15) is 18.3 Å². The van der Waals surface area contributed by atoms with E-state index in [0.29, 0.717) is 5.69 Å². The lowest BCUT2D eigenvalue weighted by Crippen LogP contribution is -2.32. The molecule has 1 amide bonds. The van der Waals surface area contributed by atoms with Crippen molar-refractivity contribution in [3.05, 3.63) is 93.6 Å². The van der Waals surface area contributed by atoms with E-state index in [0.717, 1.165) is 49.4 Å². The van der Waals surface area contributed by atoms with Crippen LogP contribution in [0, 0.1) is 12.7 Å². The van der Waals surface area contributed by atoms with Crippen molar-refractivity contribution >= 4 is 23.2 Å². The number of pyridine rings is 1. The zero-order chi connectivity index (χ0) is 28.6. The number of hydrogen-bond acceptors (Lipinski definition) is 4. The molecule has 0 radical (unpaired) electrons. The molecule has 11 heteroatoms. The van der Waals surface area contributed by atoms with E-state index in [2.05, 4.69) is 26.6 Å². The number of alkyl halides is 3. The number of anilines is 1. The second-order valence-electron chi connectivity index (χ2n) is 9.67. The summed E-state index contributed by atoms with van der Waals surface area (Å²) in [5.41, 5.74) is 3.26. The maximum Gasteiger partial charge on any atom is 0.425 e. The standard InChI is InChI=1S/C29H25ClF4N4O2/c1-15-25(27(30)38-37-15)36-28(39)22-13-23(31)21(14-24(22)40-16(2)29(32,33)34)26-20(11-6-12-35-26)19-10-5-8-17-7-3-4-9-18(17)19/h3-4,6-7,9,11-14,16,19H,5,8,10H2,1-2H3,(H,36,39)(H,37,38). The van der Waals surface area contributed by atoms with Gasteiger partial charge in [0.2, 0.25) is 0 Å². The number of carbonyl (C=O) groups excluding carboxylic acids is 1. The van der Waals surface area contributed by atoms with Crippen LogP contribution in [0.3, 0.4) is 0 Å². The number of nitrogens with one attached hydrogen (secondary N) is 2. The van der Waals surface area contributed by atoms with Crippen LogP contribution in [0.25, 0.3) is 11.3 Å². The van der Waals surface area contributed by atoms with Gasteiger partial charge < -0.3 is 10.1 Å². The van der Waals surface area contributed by atoms with Crippen LogP contribution in [0.5, 0.6) is 5.75 Å². The molecule has 4 aromatic rings. The third-order valence-electron chi connectivity index (χ3n) is 7.06. The van der Waals surface area contributed by atoms with Gasteiger partial charge in [-0.15, -0.1) is 0 Å². The molecular weight excluding hydrogens is 548 g/mol. The Kier molecular flexibility index (Phi) is 7.55. The number of nitrogens with zero attached hydrogens (tertiary/aromatic N) is 2. The Morgan fingerprint density at radius 3 is 2.65 bits per heavy atom. The van der Waals surface area contributed by atoms with Crippen LogP contribution in [-0.4, -0.2) is 33.4 Å². The molecule has 2 aromatic heterocycles. The maximum absolute atomic E-state index is 15.8. The number of hydrogen-bond donors (Lipinski definition) is 2. The van der Waals surface area contributed by atoms with Crippen LogP contribution in [0.2, 0.25) is 5.15 Å². The van der Waals surface area contributed by atoms with E-state index >= 15 is 4.39 Å². The van der Waals surface area contributed by atoms with Crippen molar-refractivity contribution in [3.63, 3.8) is 0 Å². The minimum absolute atomic E-state index is 0.0139. The summed E-state index contributed by atoms with van der Waals surface area (Å²) < 4.78 is 61.5. The average molecular weight is 573 g/mol. The lowest BCUT2D eigenvalue weighted by atomic mass is 9.78. The van der Waals surface area contributed by atoms with E-state index in [9.17, 15) is 18.0 Å². The fraction of sp³-hybridized carbons (Fsp3) is 0.276. The van der Waals surface area contributed by atoms with Crippen molar-refractivity contribution in [2.75, 3.05) is 5.32 Å². The maximum atomic E-state index is 15.8. The largest absolute Gasteiger partial charge is 0.480 e. The molecule has 2 atom stereocenters. The Morgan fingerprint density at radius 1 is 1.18 bits per heavy atom. The number of benzene rings is 2. The number of aromatic amines is 1. The highest BCUT2D eigenvalue weighted by molar-refractivity contribution is 6.33. The Morgan fingerprint density at radius 2 is 1.93 bits per heavy atom. The van der Waals surface area contributed by atoms with Crippen LogP contribution >= 0.6 is 11.6 Å². The number of fused-ring (bicyclic) bond motifs is 1. The fourth-order valence-electron chi connectivity index (χ4n) is 5.00. The summed E-state index contributed by atoms with van der Waals surface area (Å²) >= 11 is 6.03. The molecule has 0 bridgehead atoms. The Hall–Kier alpha value is -3.92. The number of amides is 1. The number of halogens is 5. The first-order valence-electron chi connectivity index (χ1n) is 12.7. The van der Waals surface area contributed by atoms with Crippen LogP contribution < -0.4 is 10.1 Å². The lowest BCUT2D eigenvalue weighted by molar-refractivity contribution is -0.189. The smallest absolute Gasteiger partial charge is 0.425 e. The van der Waals surface area contributed by atoms with Gasteiger partial charge in [0.1, 0.15) is 22.4 Å². The second kappa shape index (κ2) is 10.9. The monoisotopic (exact) mass is 572 g/mol. The molecule has 0 saturated carbocycles. The minimum Gasteiger partial charge on any atom is -0.480 e.